The zero-order valence-corrected chi connectivity index (χ0v) is 16.5. The van der Waals surface area contributed by atoms with Crippen LogP contribution in [0.25, 0.3) is 0 Å². The van der Waals surface area contributed by atoms with Gasteiger partial charge in [-0.05, 0) is 45.7 Å². The molecule has 1 aliphatic carbocycles. The first-order valence-electron chi connectivity index (χ1n) is 10.00. The lowest BCUT2D eigenvalue weighted by atomic mass is 9.64. The van der Waals surface area contributed by atoms with Crippen LogP contribution in [0.2, 0.25) is 0 Å². The van der Waals surface area contributed by atoms with Gasteiger partial charge in [-0.25, -0.2) is 4.68 Å². The lowest BCUT2D eigenvalue weighted by molar-refractivity contribution is -0.115. The van der Waals surface area contributed by atoms with Crippen LogP contribution in [-0.2, 0) is 4.74 Å². The van der Waals surface area contributed by atoms with Crippen LogP contribution in [0.15, 0.2) is 0 Å². The van der Waals surface area contributed by atoms with E-state index in [0.717, 1.165) is 57.5 Å². The first-order chi connectivity index (χ1) is 12.4. The molecule has 7 nitrogen and oxygen atoms in total. The summed E-state index contributed by atoms with van der Waals surface area (Å²) in [4.78, 5) is 12.7. The maximum Gasteiger partial charge on any atom is 0.273 e. The Balaban J connectivity index is 1.58. The van der Waals surface area contributed by atoms with Gasteiger partial charge in [-0.3, -0.25) is 4.79 Å². The Morgan fingerprint density at radius 1 is 1.38 bits per heavy atom. The van der Waals surface area contributed by atoms with Crippen LogP contribution in [0.1, 0.15) is 75.1 Å². The zero-order chi connectivity index (χ0) is 18.7. The Labute approximate surface area is 156 Å². The molecule has 0 bridgehead atoms. The highest BCUT2D eigenvalue weighted by molar-refractivity contribution is 5.93. The van der Waals surface area contributed by atoms with Crippen LogP contribution in [0.3, 0.4) is 0 Å². The number of amides is 1. The van der Waals surface area contributed by atoms with Gasteiger partial charge in [0.25, 0.3) is 5.91 Å². The fraction of sp³-hybridized carbons (Fsp3) is 0.842. The van der Waals surface area contributed by atoms with Gasteiger partial charge in [0.2, 0.25) is 0 Å². The van der Waals surface area contributed by atoms with E-state index >= 15 is 0 Å². The molecule has 1 aliphatic heterocycles. The fourth-order valence-electron chi connectivity index (χ4n) is 3.96. The molecule has 0 unspecified atom stereocenters. The number of hydrogen-bond donors (Lipinski definition) is 2. The Kier molecular flexibility index (Phi) is 5.97. The minimum Gasteiger partial charge on any atom is -0.378 e. The molecule has 0 aromatic carbocycles. The number of piperidine rings is 1. The van der Waals surface area contributed by atoms with Crippen LogP contribution in [0, 0.1) is 12.3 Å². The van der Waals surface area contributed by atoms with E-state index in [2.05, 4.69) is 41.7 Å². The quantitative estimate of drug-likeness (QED) is 0.726. The minimum absolute atomic E-state index is 0.0532. The van der Waals surface area contributed by atoms with Gasteiger partial charge in [-0.2, -0.15) is 0 Å². The van der Waals surface area contributed by atoms with Gasteiger partial charge in [0.05, 0.1) is 17.8 Å². The maximum atomic E-state index is 12.7. The molecule has 1 aromatic rings. The summed E-state index contributed by atoms with van der Waals surface area (Å²) in [5.74, 6) is -0.118. The number of carbonyl (C=O) groups excluding carboxylic acids is 1. The van der Waals surface area contributed by atoms with E-state index in [1.165, 1.54) is 0 Å². The monoisotopic (exact) mass is 363 g/mol. The van der Waals surface area contributed by atoms with Crippen LogP contribution in [-0.4, -0.2) is 52.7 Å². The van der Waals surface area contributed by atoms with E-state index in [1.807, 2.05) is 11.6 Å². The fourth-order valence-corrected chi connectivity index (χ4v) is 3.96. The molecule has 7 heteroatoms. The predicted molar refractivity (Wildman–Crippen MR) is 100 cm³/mol. The molecule has 0 spiro atoms. The molecule has 2 heterocycles. The molecule has 26 heavy (non-hydrogen) atoms. The highest BCUT2D eigenvalue weighted by atomic mass is 16.5. The van der Waals surface area contributed by atoms with Crippen molar-refractivity contribution in [2.45, 2.75) is 78.0 Å². The lowest BCUT2D eigenvalue weighted by Crippen LogP contribution is -2.62. The van der Waals surface area contributed by atoms with Crippen LogP contribution in [0.4, 0.5) is 0 Å². The number of nitrogens with zero attached hydrogens (tertiary/aromatic N) is 3. The summed E-state index contributed by atoms with van der Waals surface area (Å²) in [5, 5.41) is 15.0. The number of carbonyl (C=O) groups is 1. The molecular formula is C19H33N5O2. The van der Waals surface area contributed by atoms with Crippen molar-refractivity contribution in [3.63, 3.8) is 0 Å². The number of aromatic nitrogens is 3. The molecular weight excluding hydrogens is 330 g/mol. The summed E-state index contributed by atoms with van der Waals surface area (Å²) in [7, 11) is 0. The lowest BCUT2D eigenvalue weighted by Gasteiger charge is -2.51. The molecule has 2 N–H and O–H groups in total. The Morgan fingerprint density at radius 2 is 2.12 bits per heavy atom. The molecule has 2 fully saturated rings. The Morgan fingerprint density at radius 3 is 2.77 bits per heavy atom. The second kappa shape index (κ2) is 8.05. The molecule has 3 rings (SSSR count). The van der Waals surface area contributed by atoms with E-state index < -0.39 is 0 Å². The van der Waals surface area contributed by atoms with Gasteiger partial charge < -0.3 is 15.4 Å². The average Bonchev–Trinajstić information content (AvgIpc) is 3.02. The first kappa shape index (κ1) is 19.3. The van der Waals surface area contributed by atoms with Crippen molar-refractivity contribution >= 4 is 5.91 Å². The molecule has 1 amide bonds. The SMILES string of the molecule is CCCCO[C@@H]1C[C@H](NC(=O)c2nnn(C3CCNCC3)c2C)C1(C)C. The molecule has 146 valence electrons. The van der Waals surface area contributed by atoms with Gasteiger partial charge in [0.1, 0.15) is 0 Å². The maximum absolute atomic E-state index is 12.7. The van der Waals surface area contributed by atoms with E-state index in [9.17, 15) is 4.79 Å². The highest BCUT2D eigenvalue weighted by Gasteiger charge is 2.49. The van der Waals surface area contributed by atoms with Crippen molar-refractivity contribution in [1.82, 2.24) is 25.6 Å². The van der Waals surface area contributed by atoms with E-state index in [0.29, 0.717) is 11.7 Å². The van der Waals surface area contributed by atoms with Crippen LogP contribution < -0.4 is 10.6 Å². The largest absolute Gasteiger partial charge is 0.378 e. The third-order valence-corrected chi connectivity index (χ3v) is 6.10. The van der Waals surface area contributed by atoms with E-state index in [4.69, 9.17) is 4.74 Å². The van der Waals surface area contributed by atoms with Crippen molar-refractivity contribution in [2.75, 3.05) is 19.7 Å². The van der Waals surface area contributed by atoms with Gasteiger partial charge in [0, 0.05) is 18.1 Å². The standard InChI is InChI=1S/C19H33N5O2/c1-5-6-11-26-16-12-15(19(16,3)4)21-18(25)17-13(2)24(23-22-17)14-7-9-20-10-8-14/h14-16,20H,5-12H2,1-4H3,(H,21,25)/t15-,16+/m0/s1. The third kappa shape index (κ3) is 3.78. The molecule has 1 saturated carbocycles. The van der Waals surface area contributed by atoms with E-state index in [-0.39, 0.29) is 23.5 Å². The summed E-state index contributed by atoms with van der Waals surface area (Å²) in [6.45, 7) is 11.2. The topological polar surface area (TPSA) is 81.1 Å². The van der Waals surface area contributed by atoms with Crippen molar-refractivity contribution in [2.24, 2.45) is 5.41 Å². The number of rotatable bonds is 7. The number of nitrogens with one attached hydrogen (secondary N) is 2. The van der Waals surface area contributed by atoms with Crippen molar-refractivity contribution < 1.29 is 9.53 Å². The van der Waals surface area contributed by atoms with Crippen molar-refractivity contribution in [3.05, 3.63) is 11.4 Å². The molecule has 2 atom stereocenters. The molecule has 1 saturated heterocycles. The van der Waals surface area contributed by atoms with Gasteiger partial charge in [-0.1, -0.05) is 32.4 Å². The number of ether oxygens (including phenoxy) is 1. The van der Waals surface area contributed by atoms with Crippen LogP contribution in [0.5, 0.6) is 0 Å². The average molecular weight is 364 g/mol. The van der Waals surface area contributed by atoms with Crippen molar-refractivity contribution in [1.29, 1.82) is 0 Å². The Bertz CT molecular complexity index is 621. The second-order valence-electron chi connectivity index (χ2n) is 8.25. The molecule has 0 radical (unpaired) electrons. The summed E-state index contributed by atoms with van der Waals surface area (Å²) >= 11 is 0. The number of hydrogen-bond acceptors (Lipinski definition) is 5. The summed E-state index contributed by atoms with van der Waals surface area (Å²) in [6.07, 6.45) is 5.35. The highest BCUT2D eigenvalue weighted by Crippen LogP contribution is 2.43. The van der Waals surface area contributed by atoms with Gasteiger partial charge in [-0.15, -0.1) is 5.10 Å². The molecule has 2 aliphatic rings. The molecule has 1 aromatic heterocycles. The second-order valence-corrected chi connectivity index (χ2v) is 8.25. The first-order valence-corrected chi connectivity index (χ1v) is 10.00. The van der Waals surface area contributed by atoms with E-state index in [1.54, 1.807) is 0 Å². The summed E-state index contributed by atoms with van der Waals surface area (Å²) in [6, 6.07) is 0.451. The smallest absolute Gasteiger partial charge is 0.273 e. The zero-order valence-electron chi connectivity index (χ0n) is 16.5. The number of unbranched alkanes of at least 4 members (excludes halogenated alkanes) is 1. The van der Waals surface area contributed by atoms with Crippen molar-refractivity contribution in [3.8, 4) is 0 Å². The predicted octanol–water partition coefficient (Wildman–Crippen LogP) is 2.22. The normalized spacial score (nSPS) is 25.7. The van der Waals surface area contributed by atoms with Crippen LogP contribution >= 0.6 is 0 Å². The summed E-state index contributed by atoms with van der Waals surface area (Å²) < 4.78 is 7.90. The third-order valence-electron chi connectivity index (χ3n) is 6.10. The summed E-state index contributed by atoms with van der Waals surface area (Å²) in [5.41, 5.74) is 1.26. The Hall–Kier alpha value is -1.47. The van der Waals surface area contributed by atoms with Gasteiger partial charge >= 0.3 is 0 Å². The van der Waals surface area contributed by atoms with Gasteiger partial charge in [0.15, 0.2) is 5.69 Å². The minimum atomic E-state index is -0.118.